The molecule has 2 atom stereocenters. The van der Waals surface area contributed by atoms with Crippen molar-refractivity contribution in [1.29, 1.82) is 0 Å². The Morgan fingerprint density at radius 3 is 3.08 bits per heavy atom. The Morgan fingerprint density at radius 2 is 2.46 bits per heavy atom. The summed E-state index contributed by atoms with van der Waals surface area (Å²) in [6.07, 6.45) is 1.55. The lowest BCUT2D eigenvalue weighted by Gasteiger charge is -2.32. The molecule has 4 heteroatoms. The quantitative estimate of drug-likeness (QED) is 0.699. The zero-order valence-corrected chi connectivity index (χ0v) is 8.08. The number of hydrogen-bond donors (Lipinski definition) is 1. The zero-order chi connectivity index (χ0) is 9.68. The molecule has 13 heavy (non-hydrogen) atoms. The number of β-amino-alcohol motifs (C(OH)–C–C–N with tert-alkyl or cyclic N) is 1. The van der Waals surface area contributed by atoms with Crippen molar-refractivity contribution in [3.05, 3.63) is 0 Å². The van der Waals surface area contributed by atoms with E-state index in [2.05, 4.69) is 4.90 Å². The molecular formula is C9H18FNO2. The van der Waals surface area contributed by atoms with Crippen molar-refractivity contribution in [2.24, 2.45) is 0 Å². The number of aliphatic hydroxyl groups excluding tert-OH is 1. The van der Waals surface area contributed by atoms with Crippen molar-refractivity contribution >= 4 is 0 Å². The third-order valence-electron chi connectivity index (χ3n) is 2.44. The van der Waals surface area contributed by atoms with Crippen LogP contribution in [0.5, 0.6) is 0 Å². The molecule has 3 nitrogen and oxygen atoms in total. The van der Waals surface area contributed by atoms with Crippen molar-refractivity contribution in [2.45, 2.75) is 25.0 Å². The minimum absolute atomic E-state index is 0.251. The third-order valence-corrected chi connectivity index (χ3v) is 2.44. The topological polar surface area (TPSA) is 32.7 Å². The minimum Gasteiger partial charge on any atom is -0.389 e. The van der Waals surface area contributed by atoms with Gasteiger partial charge in [-0.2, -0.15) is 0 Å². The highest BCUT2D eigenvalue weighted by atomic mass is 19.1. The Hall–Kier alpha value is -0.190. The minimum atomic E-state index is -0.837. The molecule has 1 fully saturated rings. The van der Waals surface area contributed by atoms with Gasteiger partial charge >= 0.3 is 0 Å². The van der Waals surface area contributed by atoms with Crippen LogP contribution in [0, 0.1) is 0 Å². The van der Waals surface area contributed by atoms with E-state index in [0.29, 0.717) is 6.54 Å². The van der Waals surface area contributed by atoms with Crippen LogP contribution in [0.25, 0.3) is 0 Å². The number of aliphatic hydroxyl groups is 1. The SMILES string of the molecule is COC1CCCN(CC(O)CF)C1. The second kappa shape index (κ2) is 5.52. The van der Waals surface area contributed by atoms with Gasteiger partial charge in [-0.1, -0.05) is 0 Å². The van der Waals surface area contributed by atoms with Crippen LogP contribution < -0.4 is 0 Å². The monoisotopic (exact) mass is 191 g/mol. The average molecular weight is 191 g/mol. The summed E-state index contributed by atoms with van der Waals surface area (Å²) < 4.78 is 17.2. The number of ether oxygens (including phenoxy) is 1. The van der Waals surface area contributed by atoms with Crippen LogP contribution in [0.4, 0.5) is 4.39 Å². The number of likely N-dealkylation sites (tertiary alicyclic amines) is 1. The van der Waals surface area contributed by atoms with Gasteiger partial charge < -0.3 is 9.84 Å². The van der Waals surface area contributed by atoms with E-state index in [4.69, 9.17) is 9.84 Å². The standard InChI is InChI=1S/C9H18FNO2/c1-13-9-3-2-4-11(7-9)6-8(12)5-10/h8-9,12H,2-7H2,1H3. The van der Waals surface area contributed by atoms with Crippen LogP contribution in [0.1, 0.15) is 12.8 Å². The predicted octanol–water partition coefficient (Wildman–Crippen LogP) is 0.428. The number of hydrogen-bond acceptors (Lipinski definition) is 3. The molecule has 0 radical (unpaired) electrons. The largest absolute Gasteiger partial charge is 0.389 e. The van der Waals surface area contributed by atoms with E-state index in [1.165, 1.54) is 0 Å². The molecule has 1 aliphatic rings. The second-order valence-electron chi connectivity index (χ2n) is 3.57. The molecule has 1 rings (SSSR count). The number of halogens is 1. The summed E-state index contributed by atoms with van der Waals surface area (Å²) in [5.74, 6) is 0. The Labute approximate surface area is 78.5 Å². The fourth-order valence-corrected chi connectivity index (χ4v) is 1.72. The predicted molar refractivity (Wildman–Crippen MR) is 48.5 cm³/mol. The van der Waals surface area contributed by atoms with Gasteiger partial charge in [-0.05, 0) is 19.4 Å². The fraction of sp³-hybridized carbons (Fsp3) is 1.00. The second-order valence-corrected chi connectivity index (χ2v) is 3.57. The first-order valence-corrected chi connectivity index (χ1v) is 4.75. The number of alkyl halides is 1. The van der Waals surface area contributed by atoms with Gasteiger partial charge in [-0.25, -0.2) is 4.39 Å². The summed E-state index contributed by atoms with van der Waals surface area (Å²) in [4.78, 5) is 2.06. The van der Waals surface area contributed by atoms with Crippen LogP contribution in [-0.2, 0) is 4.74 Å². The molecule has 0 aliphatic carbocycles. The summed E-state index contributed by atoms with van der Waals surface area (Å²) in [7, 11) is 1.69. The molecular weight excluding hydrogens is 173 g/mol. The molecule has 0 aromatic rings. The lowest BCUT2D eigenvalue weighted by atomic mass is 10.1. The molecule has 0 aromatic carbocycles. The molecule has 1 N–H and O–H groups in total. The van der Waals surface area contributed by atoms with Crippen LogP contribution in [0.2, 0.25) is 0 Å². The van der Waals surface area contributed by atoms with Gasteiger partial charge in [-0.3, -0.25) is 4.90 Å². The van der Waals surface area contributed by atoms with E-state index >= 15 is 0 Å². The normalized spacial score (nSPS) is 27.5. The highest BCUT2D eigenvalue weighted by Gasteiger charge is 2.20. The Kier molecular flexibility index (Phi) is 4.62. The van der Waals surface area contributed by atoms with E-state index in [1.54, 1.807) is 7.11 Å². The molecule has 78 valence electrons. The highest BCUT2D eigenvalue weighted by Crippen LogP contribution is 2.12. The number of piperidine rings is 1. The molecule has 0 bridgehead atoms. The molecule has 1 aliphatic heterocycles. The first-order chi connectivity index (χ1) is 6.26. The van der Waals surface area contributed by atoms with Crippen molar-refractivity contribution in [3.63, 3.8) is 0 Å². The van der Waals surface area contributed by atoms with Gasteiger partial charge in [-0.15, -0.1) is 0 Å². The molecule has 0 saturated carbocycles. The van der Waals surface area contributed by atoms with Crippen LogP contribution in [-0.4, -0.2) is 55.6 Å². The van der Waals surface area contributed by atoms with E-state index < -0.39 is 12.8 Å². The van der Waals surface area contributed by atoms with Gasteiger partial charge in [0.1, 0.15) is 6.67 Å². The maximum absolute atomic E-state index is 12.0. The summed E-state index contributed by atoms with van der Waals surface area (Å²) in [5.41, 5.74) is 0. The molecule has 0 aromatic heterocycles. The first-order valence-electron chi connectivity index (χ1n) is 4.75. The van der Waals surface area contributed by atoms with Crippen molar-refractivity contribution in [3.8, 4) is 0 Å². The maximum atomic E-state index is 12.0. The smallest absolute Gasteiger partial charge is 0.117 e. The third kappa shape index (κ3) is 3.58. The summed E-state index contributed by atoms with van der Waals surface area (Å²) in [6, 6.07) is 0. The van der Waals surface area contributed by atoms with Gasteiger partial charge in [0.05, 0.1) is 12.2 Å². The van der Waals surface area contributed by atoms with Crippen LogP contribution in [0.3, 0.4) is 0 Å². The summed E-state index contributed by atoms with van der Waals surface area (Å²) in [6.45, 7) is 1.52. The average Bonchev–Trinajstić information content (AvgIpc) is 2.18. The Balaban J connectivity index is 2.25. The van der Waals surface area contributed by atoms with E-state index in [-0.39, 0.29) is 6.10 Å². The number of nitrogens with zero attached hydrogens (tertiary/aromatic N) is 1. The van der Waals surface area contributed by atoms with E-state index in [1.807, 2.05) is 0 Å². The molecule has 1 saturated heterocycles. The maximum Gasteiger partial charge on any atom is 0.117 e. The molecule has 0 amide bonds. The number of rotatable bonds is 4. The fourth-order valence-electron chi connectivity index (χ4n) is 1.72. The molecule has 1 heterocycles. The van der Waals surface area contributed by atoms with Gasteiger partial charge in [0.2, 0.25) is 0 Å². The molecule has 0 spiro atoms. The highest BCUT2D eigenvalue weighted by molar-refractivity contribution is 4.74. The zero-order valence-electron chi connectivity index (χ0n) is 8.08. The molecule has 2 unspecified atom stereocenters. The number of methoxy groups -OCH3 is 1. The van der Waals surface area contributed by atoms with Crippen LogP contribution >= 0.6 is 0 Å². The lowest BCUT2D eigenvalue weighted by molar-refractivity contribution is 0.00909. The Bertz CT molecular complexity index is 144. The van der Waals surface area contributed by atoms with E-state index in [9.17, 15) is 4.39 Å². The van der Waals surface area contributed by atoms with Crippen molar-refractivity contribution < 1.29 is 14.2 Å². The van der Waals surface area contributed by atoms with E-state index in [0.717, 1.165) is 25.9 Å². The summed E-state index contributed by atoms with van der Waals surface area (Å²) >= 11 is 0. The Morgan fingerprint density at radius 1 is 1.69 bits per heavy atom. The summed E-state index contributed by atoms with van der Waals surface area (Å²) in [5, 5.41) is 9.11. The van der Waals surface area contributed by atoms with Gasteiger partial charge in [0, 0.05) is 20.2 Å². The van der Waals surface area contributed by atoms with Crippen LogP contribution in [0.15, 0.2) is 0 Å². The van der Waals surface area contributed by atoms with Crippen molar-refractivity contribution in [2.75, 3.05) is 33.4 Å². The van der Waals surface area contributed by atoms with Gasteiger partial charge in [0.15, 0.2) is 0 Å². The lowest BCUT2D eigenvalue weighted by Crippen LogP contribution is -2.43. The van der Waals surface area contributed by atoms with Crippen molar-refractivity contribution in [1.82, 2.24) is 4.90 Å². The van der Waals surface area contributed by atoms with Gasteiger partial charge in [0.25, 0.3) is 0 Å². The first kappa shape index (κ1) is 10.9.